The summed E-state index contributed by atoms with van der Waals surface area (Å²) < 4.78 is 1.82. The Kier molecular flexibility index (Phi) is 4.01. The molecular weight excluding hydrogens is 228 g/mol. The van der Waals surface area contributed by atoms with Gasteiger partial charge in [0.05, 0.1) is 5.69 Å². The van der Waals surface area contributed by atoms with Crippen LogP contribution in [0.3, 0.4) is 0 Å². The summed E-state index contributed by atoms with van der Waals surface area (Å²) >= 11 is 0. The third-order valence-electron chi connectivity index (χ3n) is 3.26. The van der Waals surface area contributed by atoms with E-state index in [1.807, 2.05) is 24.9 Å². The lowest BCUT2D eigenvalue weighted by atomic mass is 10.1. The van der Waals surface area contributed by atoms with Crippen LogP contribution in [-0.4, -0.2) is 28.3 Å². The van der Waals surface area contributed by atoms with Crippen LogP contribution in [0.4, 0.5) is 0 Å². The maximum Gasteiger partial charge on any atom is 0.221 e. The first-order valence-electron chi connectivity index (χ1n) is 6.59. The first kappa shape index (κ1) is 13.1. The third-order valence-corrected chi connectivity index (χ3v) is 3.26. The largest absolute Gasteiger partial charge is 0.353 e. The molecule has 0 saturated heterocycles. The van der Waals surface area contributed by atoms with Gasteiger partial charge < -0.3 is 10.6 Å². The van der Waals surface area contributed by atoms with Crippen LogP contribution >= 0.6 is 0 Å². The van der Waals surface area contributed by atoms with E-state index in [4.69, 9.17) is 0 Å². The van der Waals surface area contributed by atoms with Gasteiger partial charge in [0, 0.05) is 43.9 Å². The zero-order chi connectivity index (χ0) is 13.1. The number of nitrogens with one attached hydrogen (secondary N) is 2. The molecule has 2 N–H and O–H groups in total. The van der Waals surface area contributed by atoms with Crippen LogP contribution < -0.4 is 10.6 Å². The molecule has 1 aromatic rings. The predicted molar refractivity (Wildman–Crippen MR) is 70.1 cm³/mol. The summed E-state index contributed by atoms with van der Waals surface area (Å²) in [7, 11) is 1.92. The minimum absolute atomic E-state index is 0.153. The highest BCUT2D eigenvalue weighted by molar-refractivity contribution is 5.76. The highest BCUT2D eigenvalue weighted by Crippen LogP contribution is 2.18. The van der Waals surface area contributed by atoms with Gasteiger partial charge in [0.15, 0.2) is 0 Å². The maximum atomic E-state index is 11.5. The molecule has 0 aromatic carbocycles. The Balaban J connectivity index is 1.72. The average molecular weight is 250 g/mol. The molecule has 1 unspecified atom stereocenters. The molecule has 5 heteroatoms. The zero-order valence-electron chi connectivity index (χ0n) is 11.4. The van der Waals surface area contributed by atoms with Crippen molar-refractivity contribution in [2.24, 2.45) is 7.05 Å². The summed E-state index contributed by atoms with van der Waals surface area (Å²) in [5, 5.41) is 10.7. The molecule has 1 fully saturated rings. The Morgan fingerprint density at radius 1 is 1.61 bits per heavy atom. The molecule has 2 rings (SSSR count). The standard InChI is InChI=1S/C13H22N4O/c1-9(12-8-17(3)16-10(12)2)14-7-6-13(18)15-11-4-5-11/h8-9,11,14H,4-7H2,1-3H3,(H,15,18). The molecule has 0 aliphatic heterocycles. The third kappa shape index (κ3) is 3.57. The summed E-state index contributed by atoms with van der Waals surface area (Å²) in [6.45, 7) is 4.81. The summed E-state index contributed by atoms with van der Waals surface area (Å²) in [6.07, 6.45) is 4.85. The van der Waals surface area contributed by atoms with Crippen molar-refractivity contribution >= 4 is 5.91 Å². The molecule has 1 atom stereocenters. The minimum Gasteiger partial charge on any atom is -0.353 e. The quantitative estimate of drug-likeness (QED) is 0.793. The predicted octanol–water partition coefficient (Wildman–Crippen LogP) is 1.05. The van der Waals surface area contributed by atoms with E-state index in [0.29, 0.717) is 19.0 Å². The number of nitrogens with zero attached hydrogens (tertiary/aromatic N) is 2. The Labute approximate surface area is 108 Å². The molecule has 1 aliphatic rings. The molecule has 0 radical (unpaired) electrons. The molecule has 1 heterocycles. The second-order valence-electron chi connectivity index (χ2n) is 5.11. The van der Waals surface area contributed by atoms with Gasteiger partial charge in [-0.15, -0.1) is 0 Å². The van der Waals surface area contributed by atoms with Crippen molar-refractivity contribution in [3.63, 3.8) is 0 Å². The molecule has 0 spiro atoms. The lowest BCUT2D eigenvalue weighted by molar-refractivity contribution is -0.121. The van der Waals surface area contributed by atoms with Crippen molar-refractivity contribution in [3.8, 4) is 0 Å². The van der Waals surface area contributed by atoms with Gasteiger partial charge in [-0.3, -0.25) is 9.48 Å². The SMILES string of the molecule is Cc1nn(C)cc1C(C)NCCC(=O)NC1CC1. The Morgan fingerprint density at radius 3 is 2.89 bits per heavy atom. The molecule has 1 aliphatic carbocycles. The van der Waals surface area contributed by atoms with Gasteiger partial charge in [-0.05, 0) is 26.7 Å². The summed E-state index contributed by atoms with van der Waals surface area (Å²) in [5.41, 5.74) is 2.24. The minimum atomic E-state index is 0.153. The normalized spacial score (nSPS) is 16.6. The number of carbonyl (C=O) groups excluding carboxylic acids is 1. The molecule has 1 amide bonds. The molecule has 0 bridgehead atoms. The summed E-state index contributed by atoms with van der Waals surface area (Å²) in [4.78, 5) is 11.5. The zero-order valence-corrected chi connectivity index (χ0v) is 11.4. The van der Waals surface area contributed by atoms with Crippen LogP contribution in [0, 0.1) is 6.92 Å². The fraction of sp³-hybridized carbons (Fsp3) is 0.692. The van der Waals surface area contributed by atoms with Crippen LogP contribution in [0.25, 0.3) is 0 Å². The molecule has 100 valence electrons. The van der Waals surface area contributed by atoms with Gasteiger partial charge in [0.1, 0.15) is 0 Å². The van der Waals surface area contributed by atoms with E-state index in [1.165, 1.54) is 5.56 Å². The molecular formula is C13H22N4O. The van der Waals surface area contributed by atoms with Gasteiger partial charge in [0.2, 0.25) is 5.91 Å². The van der Waals surface area contributed by atoms with Crippen molar-refractivity contribution in [2.45, 2.75) is 45.2 Å². The molecule has 5 nitrogen and oxygen atoms in total. The number of hydrogen-bond acceptors (Lipinski definition) is 3. The number of rotatable bonds is 6. The van der Waals surface area contributed by atoms with Crippen molar-refractivity contribution in [2.75, 3.05) is 6.54 Å². The average Bonchev–Trinajstić information content (AvgIpc) is 3.02. The number of carbonyl (C=O) groups is 1. The van der Waals surface area contributed by atoms with Crippen LogP contribution in [0.2, 0.25) is 0 Å². The Hall–Kier alpha value is -1.36. The number of amides is 1. The van der Waals surface area contributed by atoms with E-state index >= 15 is 0 Å². The second-order valence-corrected chi connectivity index (χ2v) is 5.11. The van der Waals surface area contributed by atoms with E-state index in [9.17, 15) is 4.79 Å². The van der Waals surface area contributed by atoms with Crippen LogP contribution in [0.15, 0.2) is 6.20 Å². The molecule has 18 heavy (non-hydrogen) atoms. The van der Waals surface area contributed by atoms with Gasteiger partial charge >= 0.3 is 0 Å². The first-order chi connectivity index (χ1) is 8.56. The monoisotopic (exact) mass is 250 g/mol. The highest BCUT2D eigenvalue weighted by Gasteiger charge is 2.22. The molecule has 1 saturated carbocycles. The lowest BCUT2D eigenvalue weighted by Gasteiger charge is -2.12. The Morgan fingerprint density at radius 2 is 2.33 bits per heavy atom. The van der Waals surface area contributed by atoms with E-state index in [-0.39, 0.29) is 11.9 Å². The first-order valence-corrected chi connectivity index (χ1v) is 6.59. The van der Waals surface area contributed by atoms with E-state index < -0.39 is 0 Å². The highest BCUT2D eigenvalue weighted by atomic mass is 16.1. The van der Waals surface area contributed by atoms with E-state index in [1.54, 1.807) is 0 Å². The Bertz CT molecular complexity index is 423. The van der Waals surface area contributed by atoms with E-state index in [0.717, 1.165) is 18.5 Å². The summed E-state index contributed by atoms with van der Waals surface area (Å²) in [5.74, 6) is 0.153. The maximum absolute atomic E-state index is 11.5. The van der Waals surface area contributed by atoms with Crippen LogP contribution in [-0.2, 0) is 11.8 Å². The fourth-order valence-electron chi connectivity index (χ4n) is 2.08. The molecule has 1 aromatic heterocycles. The van der Waals surface area contributed by atoms with Crippen LogP contribution in [0.5, 0.6) is 0 Å². The van der Waals surface area contributed by atoms with Crippen molar-refractivity contribution in [3.05, 3.63) is 17.5 Å². The lowest BCUT2D eigenvalue weighted by Crippen LogP contribution is -2.30. The van der Waals surface area contributed by atoms with Crippen LogP contribution in [0.1, 0.15) is 43.5 Å². The topological polar surface area (TPSA) is 59.0 Å². The number of hydrogen-bond donors (Lipinski definition) is 2. The van der Waals surface area contributed by atoms with Crippen molar-refractivity contribution < 1.29 is 4.79 Å². The second kappa shape index (κ2) is 5.52. The van der Waals surface area contributed by atoms with Gasteiger partial charge in [0.25, 0.3) is 0 Å². The number of aromatic nitrogens is 2. The van der Waals surface area contributed by atoms with Gasteiger partial charge in [-0.1, -0.05) is 0 Å². The smallest absolute Gasteiger partial charge is 0.221 e. The van der Waals surface area contributed by atoms with Crippen molar-refractivity contribution in [1.29, 1.82) is 0 Å². The van der Waals surface area contributed by atoms with E-state index in [2.05, 4.69) is 22.7 Å². The number of aryl methyl sites for hydroxylation is 2. The van der Waals surface area contributed by atoms with Crippen molar-refractivity contribution in [1.82, 2.24) is 20.4 Å². The summed E-state index contributed by atoms with van der Waals surface area (Å²) in [6, 6.07) is 0.683. The van der Waals surface area contributed by atoms with Gasteiger partial charge in [-0.25, -0.2) is 0 Å². The fourth-order valence-corrected chi connectivity index (χ4v) is 2.08. The van der Waals surface area contributed by atoms with Gasteiger partial charge in [-0.2, -0.15) is 5.10 Å².